The SMILES string of the molecule is c1ccc(-c2ccc(N(c3ccc(-c4ccc5c(c4)oc4ccccc45)cc3)c3ccc4c5ccccc5n(-c5ccccc5)c4c3)cc2)cc1. The lowest BCUT2D eigenvalue weighted by Crippen LogP contribution is -2.10. The lowest BCUT2D eigenvalue weighted by atomic mass is 10.0. The zero-order valence-electron chi connectivity index (χ0n) is 27.8. The summed E-state index contributed by atoms with van der Waals surface area (Å²) in [7, 11) is 0. The Hall–Kier alpha value is -6.84. The van der Waals surface area contributed by atoms with Crippen molar-refractivity contribution in [1.29, 1.82) is 0 Å². The van der Waals surface area contributed by atoms with Crippen LogP contribution >= 0.6 is 0 Å². The minimum absolute atomic E-state index is 0.903. The molecule has 0 fully saturated rings. The number of rotatable bonds is 6. The molecule has 0 radical (unpaired) electrons. The Morgan fingerprint density at radius 2 is 0.843 bits per heavy atom. The fraction of sp³-hybridized carbons (Fsp3) is 0. The van der Waals surface area contributed by atoms with Gasteiger partial charge < -0.3 is 13.9 Å². The molecule has 3 heteroatoms. The van der Waals surface area contributed by atoms with Crippen molar-refractivity contribution >= 4 is 60.8 Å². The monoisotopic (exact) mass is 652 g/mol. The van der Waals surface area contributed by atoms with Crippen molar-refractivity contribution in [3.05, 3.63) is 194 Å². The first kappa shape index (κ1) is 29.1. The summed E-state index contributed by atoms with van der Waals surface area (Å²) in [6.07, 6.45) is 0. The third-order valence-electron chi connectivity index (χ3n) is 10.0. The van der Waals surface area contributed by atoms with Crippen LogP contribution in [0.3, 0.4) is 0 Å². The van der Waals surface area contributed by atoms with Crippen LogP contribution < -0.4 is 4.90 Å². The Kier molecular flexibility index (Phi) is 6.81. The third kappa shape index (κ3) is 4.98. The maximum absolute atomic E-state index is 6.22. The van der Waals surface area contributed by atoms with E-state index in [0.717, 1.165) is 55.8 Å². The lowest BCUT2D eigenvalue weighted by Gasteiger charge is -2.26. The standard InChI is InChI=1S/C48H32N2O/c1-3-11-33(12-4-1)34-19-24-38(25-20-34)49(39-26-21-35(22-27-39)36-23-29-44-43-16-8-10-18-47(43)51-48(44)31-36)40-28-30-42-41-15-7-9-17-45(41)50(46(42)32-40)37-13-5-2-6-14-37/h1-32H. The molecule has 10 rings (SSSR count). The minimum atomic E-state index is 0.903. The van der Waals surface area contributed by atoms with Crippen LogP contribution in [-0.2, 0) is 0 Å². The second kappa shape index (κ2) is 11.9. The van der Waals surface area contributed by atoms with E-state index in [0.29, 0.717) is 0 Å². The molecule has 0 aliphatic rings. The van der Waals surface area contributed by atoms with Crippen LogP contribution in [0.2, 0.25) is 0 Å². The molecule has 0 amide bonds. The van der Waals surface area contributed by atoms with E-state index in [1.165, 1.54) is 32.9 Å². The molecule has 51 heavy (non-hydrogen) atoms. The van der Waals surface area contributed by atoms with Gasteiger partial charge in [0, 0.05) is 44.3 Å². The van der Waals surface area contributed by atoms with Gasteiger partial charge in [0.25, 0.3) is 0 Å². The van der Waals surface area contributed by atoms with Crippen LogP contribution in [0.4, 0.5) is 17.1 Å². The van der Waals surface area contributed by atoms with Gasteiger partial charge in [-0.2, -0.15) is 0 Å². The van der Waals surface area contributed by atoms with E-state index in [-0.39, 0.29) is 0 Å². The summed E-state index contributed by atoms with van der Waals surface area (Å²) in [5, 5.41) is 4.76. The summed E-state index contributed by atoms with van der Waals surface area (Å²) in [5.41, 5.74) is 13.2. The van der Waals surface area contributed by atoms with Gasteiger partial charge in [-0.3, -0.25) is 0 Å². The van der Waals surface area contributed by atoms with Crippen LogP contribution in [-0.4, -0.2) is 4.57 Å². The molecule has 240 valence electrons. The van der Waals surface area contributed by atoms with Crippen LogP contribution in [0, 0.1) is 0 Å². The largest absolute Gasteiger partial charge is 0.456 e. The highest BCUT2D eigenvalue weighted by Gasteiger charge is 2.18. The number of para-hydroxylation sites is 3. The first-order chi connectivity index (χ1) is 25.3. The fourth-order valence-electron chi connectivity index (χ4n) is 7.54. The Morgan fingerprint density at radius 1 is 0.333 bits per heavy atom. The van der Waals surface area contributed by atoms with Crippen LogP contribution in [0.5, 0.6) is 0 Å². The van der Waals surface area contributed by atoms with Gasteiger partial charge in [0.05, 0.1) is 11.0 Å². The van der Waals surface area contributed by atoms with E-state index in [1.807, 2.05) is 12.1 Å². The van der Waals surface area contributed by atoms with E-state index in [1.54, 1.807) is 0 Å². The number of nitrogens with zero attached hydrogens (tertiary/aromatic N) is 2. The molecular weight excluding hydrogens is 621 g/mol. The molecule has 2 aromatic heterocycles. The maximum atomic E-state index is 6.22. The minimum Gasteiger partial charge on any atom is -0.456 e. The molecule has 0 unspecified atom stereocenters. The van der Waals surface area contributed by atoms with E-state index in [4.69, 9.17) is 4.42 Å². The Morgan fingerprint density at radius 3 is 1.59 bits per heavy atom. The van der Waals surface area contributed by atoms with Crippen LogP contribution in [0.25, 0.3) is 71.7 Å². The quantitative estimate of drug-likeness (QED) is 0.178. The van der Waals surface area contributed by atoms with Crippen molar-refractivity contribution < 1.29 is 4.42 Å². The summed E-state index contributed by atoms with van der Waals surface area (Å²) in [6.45, 7) is 0. The Labute approximate surface area is 295 Å². The van der Waals surface area contributed by atoms with Gasteiger partial charge in [0.2, 0.25) is 0 Å². The molecule has 3 nitrogen and oxygen atoms in total. The number of hydrogen-bond acceptors (Lipinski definition) is 2. The average molecular weight is 653 g/mol. The fourth-order valence-corrected chi connectivity index (χ4v) is 7.54. The number of anilines is 3. The molecule has 0 N–H and O–H groups in total. The van der Waals surface area contributed by atoms with Gasteiger partial charge in [0.15, 0.2) is 0 Å². The predicted molar refractivity (Wildman–Crippen MR) is 214 cm³/mol. The summed E-state index contributed by atoms with van der Waals surface area (Å²) < 4.78 is 8.60. The molecule has 8 aromatic carbocycles. The van der Waals surface area contributed by atoms with Gasteiger partial charge in [0.1, 0.15) is 11.2 Å². The molecule has 0 aliphatic heterocycles. The zero-order valence-corrected chi connectivity index (χ0v) is 27.8. The average Bonchev–Trinajstić information content (AvgIpc) is 3.74. The molecule has 0 atom stereocenters. The van der Waals surface area contributed by atoms with Gasteiger partial charge >= 0.3 is 0 Å². The topological polar surface area (TPSA) is 21.3 Å². The van der Waals surface area contributed by atoms with E-state index in [9.17, 15) is 0 Å². The first-order valence-electron chi connectivity index (χ1n) is 17.3. The predicted octanol–water partition coefficient (Wildman–Crippen LogP) is 13.5. The van der Waals surface area contributed by atoms with Crippen molar-refractivity contribution in [2.45, 2.75) is 0 Å². The van der Waals surface area contributed by atoms with Crippen LogP contribution in [0.15, 0.2) is 199 Å². The summed E-state index contributed by atoms with van der Waals surface area (Å²) >= 11 is 0. The highest BCUT2D eigenvalue weighted by molar-refractivity contribution is 6.10. The molecule has 10 aromatic rings. The lowest BCUT2D eigenvalue weighted by molar-refractivity contribution is 0.669. The van der Waals surface area contributed by atoms with E-state index < -0.39 is 0 Å². The third-order valence-corrected chi connectivity index (χ3v) is 10.0. The number of aromatic nitrogens is 1. The van der Waals surface area contributed by atoms with Gasteiger partial charge in [-0.25, -0.2) is 0 Å². The summed E-state index contributed by atoms with van der Waals surface area (Å²) in [4.78, 5) is 2.35. The van der Waals surface area contributed by atoms with Crippen molar-refractivity contribution in [3.63, 3.8) is 0 Å². The van der Waals surface area contributed by atoms with Gasteiger partial charge in [-0.1, -0.05) is 121 Å². The van der Waals surface area contributed by atoms with Gasteiger partial charge in [-0.05, 0) is 95.1 Å². The molecule has 0 aliphatic carbocycles. The highest BCUT2D eigenvalue weighted by Crippen LogP contribution is 2.41. The summed E-state index contributed by atoms with van der Waals surface area (Å²) in [5.74, 6) is 0. The smallest absolute Gasteiger partial charge is 0.136 e. The second-order valence-corrected chi connectivity index (χ2v) is 13.0. The zero-order chi connectivity index (χ0) is 33.7. The number of furan rings is 1. The normalized spacial score (nSPS) is 11.5. The number of fused-ring (bicyclic) bond motifs is 6. The number of benzene rings is 8. The molecular formula is C48H32N2O. The molecule has 0 saturated carbocycles. The Bertz CT molecular complexity index is 2830. The van der Waals surface area contributed by atoms with E-state index >= 15 is 0 Å². The maximum Gasteiger partial charge on any atom is 0.136 e. The number of hydrogen-bond donors (Lipinski definition) is 0. The van der Waals surface area contributed by atoms with Crippen molar-refractivity contribution in [2.75, 3.05) is 4.90 Å². The second-order valence-electron chi connectivity index (χ2n) is 13.0. The van der Waals surface area contributed by atoms with Crippen molar-refractivity contribution in [2.24, 2.45) is 0 Å². The van der Waals surface area contributed by atoms with Crippen molar-refractivity contribution in [3.8, 4) is 27.9 Å². The Balaban J connectivity index is 1.11. The molecule has 0 spiro atoms. The van der Waals surface area contributed by atoms with Crippen molar-refractivity contribution in [1.82, 2.24) is 4.57 Å². The molecule has 2 heterocycles. The van der Waals surface area contributed by atoms with E-state index in [2.05, 4.69) is 191 Å². The first-order valence-corrected chi connectivity index (χ1v) is 17.3. The van der Waals surface area contributed by atoms with Crippen LogP contribution in [0.1, 0.15) is 0 Å². The summed E-state index contributed by atoms with van der Waals surface area (Å²) in [6, 6.07) is 69.2. The van der Waals surface area contributed by atoms with Gasteiger partial charge in [-0.15, -0.1) is 0 Å². The highest BCUT2D eigenvalue weighted by atomic mass is 16.3. The molecule has 0 saturated heterocycles. The molecule has 0 bridgehead atoms.